The lowest BCUT2D eigenvalue weighted by Crippen LogP contribution is -1.89. The van der Waals surface area contributed by atoms with Crippen molar-refractivity contribution < 1.29 is 0 Å². The average molecular weight is 219 g/mol. The fourth-order valence-corrected chi connectivity index (χ4v) is 1.88. The maximum absolute atomic E-state index is 3.90. The highest BCUT2D eigenvalue weighted by molar-refractivity contribution is 5.01. The predicted molar refractivity (Wildman–Crippen MR) is 67.2 cm³/mol. The van der Waals surface area contributed by atoms with Crippen LogP contribution < -0.4 is 0 Å². The van der Waals surface area contributed by atoms with Crippen LogP contribution in [0.15, 0.2) is 12.4 Å². The van der Waals surface area contributed by atoms with Gasteiger partial charge in [-0.05, 0) is 18.4 Å². The van der Waals surface area contributed by atoms with Crippen molar-refractivity contribution in [1.29, 1.82) is 0 Å². The van der Waals surface area contributed by atoms with Gasteiger partial charge in [-0.1, -0.05) is 51.9 Å². The van der Waals surface area contributed by atoms with Crippen molar-refractivity contribution >= 4 is 0 Å². The Bertz CT molecular complexity index is 246. The van der Waals surface area contributed by atoms with Gasteiger partial charge in [-0.15, -0.1) is 0 Å². The zero-order chi connectivity index (χ0) is 11.5. The van der Waals surface area contributed by atoms with Gasteiger partial charge in [0, 0.05) is 12.4 Å². The summed E-state index contributed by atoms with van der Waals surface area (Å²) in [5, 5.41) is 0. The third kappa shape index (κ3) is 6.54. The first-order valence-corrected chi connectivity index (χ1v) is 6.60. The van der Waals surface area contributed by atoms with Gasteiger partial charge >= 0.3 is 0 Å². The highest BCUT2D eigenvalue weighted by Gasteiger charge is 1.94. The SMILES string of the molecule is CCCCCCCCCCc1cn[c]nc1. The molecule has 0 N–H and O–H groups in total. The van der Waals surface area contributed by atoms with E-state index in [2.05, 4.69) is 23.2 Å². The number of hydrogen-bond acceptors (Lipinski definition) is 2. The number of unbranched alkanes of at least 4 members (excludes halogenated alkanes) is 7. The molecule has 0 aromatic carbocycles. The van der Waals surface area contributed by atoms with Crippen molar-refractivity contribution in [3.63, 3.8) is 0 Å². The molecule has 0 aliphatic rings. The third-order valence-corrected chi connectivity index (χ3v) is 2.90. The summed E-state index contributed by atoms with van der Waals surface area (Å²) in [5.74, 6) is 0. The van der Waals surface area contributed by atoms with E-state index in [9.17, 15) is 0 Å². The Labute approximate surface area is 99.5 Å². The van der Waals surface area contributed by atoms with Crippen LogP contribution in [-0.2, 0) is 6.42 Å². The summed E-state index contributed by atoms with van der Waals surface area (Å²) in [6, 6.07) is 0. The Morgan fingerprint density at radius 3 is 2.06 bits per heavy atom. The molecule has 1 rings (SSSR count). The standard InChI is InChI=1S/C14H23N2/c1-2-3-4-5-6-7-8-9-10-14-11-15-13-16-12-14/h11-12H,2-10H2,1H3. The Balaban J connectivity index is 1.89. The van der Waals surface area contributed by atoms with Crippen LogP contribution in [0.5, 0.6) is 0 Å². The summed E-state index contributed by atoms with van der Waals surface area (Å²) in [4.78, 5) is 7.79. The lowest BCUT2D eigenvalue weighted by atomic mass is 10.1. The topological polar surface area (TPSA) is 25.8 Å². The number of aromatic nitrogens is 2. The van der Waals surface area contributed by atoms with E-state index in [1.807, 2.05) is 12.4 Å². The first kappa shape index (κ1) is 13.1. The summed E-state index contributed by atoms with van der Waals surface area (Å²) < 4.78 is 0. The molecule has 0 aliphatic heterocycles. The fourth-order valence-electron chi connectivity index (χ4n) is 1.88. The molecule has 0 saturated heterocycles. The van der Waals surface area contributed by atoms with E-state index in [1.165, 1.54) is 56.9 Å². The van der Waals surface area contributed by atoms with Crippen LogP contribution in [0.3, 0.4) is 0 Å². The van der Waals surface area contributed by atoms with Crippen molar-refractivity contribution in [2.24, 2.45) is 0 Å². The molecule has 89 valence electrons. The number of nitrogens with zero attached hydrogens (tertiary/aromatic N) is 2. The highest BCUT2D eigenvalue weighted by atomic mass is 14.8. The van der Waals surface area contributed by atoms with Crippen LogP contribution >= 0.6 is 0 Å². The van der Waals surface area contributed by atoms with Gasteiger partial charge in [0.25, 0.3) is 0 Å². The van der Waals surface area contributed by atoms with Gasteiger partial charge in [-0.25, -0.2) is 9.97 Å². The van der Waals surface area contributed by atoms with E-state index in [-0.39, 0.29) is 0 Å². The van der Waals surface area contributed by atoms with E-state index in [0.29, 0.717) is 0 Å². The van der Waals surface area contributed by atoms with Crippen LogP contribution in [-0.4, -0.2) is 9.97 Å². The number of aryl methyl sites for hydroxylation is 1. The molecule has 16 heavy (non-hydrogen) atoms. The molecule has 2 nitrogen and oxygen atoms in total. The molecule has 0 bridgehead atoms. The van der Waals surface area contributed by atoms with Gasteiger partial charge in [0.15, 0.2) is 6.33 Å². The minimum absolute atomic E-state index is 1.11. The summed E-state index contributed by atoms with van der Waals surface area (Å²) in [5.41, 5.74) is 1.24. The monoisotopic (exact) mass is 219 g/mol. The van der Waals surface area contributed by atoms with Crippen LogP contribution in [0.2, 0.25) is 0 Å². The Hall–Kier alpha value is -0.920. The molecule has 1 heterocycles. The molecule has 1 radical (unpaired) electrons. The lowest BCUT2D eigenvalue weighted by molar-refractivity contribution is 0.575. The van der Waals surface area contributed by atoms with Crippen molar-refractivity contribution in [2.75, 3.05) is 0 Å². The summed E-state index contributed by atoms with van der Waals surface area (Å²) >= 11 is 0. The largest absolute Gasteiger partial charge is 0.234 e. The molecule has 0 aliphatic carbocycles. The van der Waals surface area contributed by atoms with Gasteiger partial charge in [-0.3, -0.25) is 0 Å². The first-order valence-electron chi connectivity index (χ1n) is 6.60. The molecule has 2 heteroatoms. The second-order valence-corrected chi connectivity index (χ2v) is 4.42. The molecule has 0 unspecified atom stereocenters. The molecule has 0 amide bonds. The van der Waals surface area contributed by atoms with E-state index < -0.39 is 0 Å². The maximum Gasteiger partial charge on any atom is 0.197 e. The van der Waals surface area contributed by atoms with Crippen LogP contribution in [0.25, 0.3) is 0 Å². The Morgan fingerprint density at radius 2 is 1.44 bits per heavy atom. The van der Waals surface area contributed by atoms with Gasteiger partial charge in [-0.2, -0.15) is 0 Å². The molecular formula is C14H23N2. The van der Waals surface area contributed by atoms with Crippen molar-refractivity contribution in [3.8, 4) is 0 Å². The van der Waals surface area contributed by atoms with Gasteiger partial charge < -0.3 is 0 Å². The van der Waals surface area contributed by atoms with E-state index >= 15 is 0 Å². The van der Waals surface area contributed by atoms with Gasteiger partial charge in [0.2, 0.25) is 0 Å². The molecular weight excluding hydrogens is 196 g/mol. The van der Waals surface area contributed by atoms with Crippen molar-refractivity contribution in [3.05, 3.63) is 24.3 Å². The van der Waals surface area contributed by atoms with E-state index in [0.717, 1.165) is 6.42 Å². The number of hydrogen-bond donors (Lipinski definition) is 0. The summed E-state index contributed by atoms with van der Waals surface area (Å²) in [6.07, 6.45) is 18.4. The molecule has 1 aromatic heterocycles. The van der Waals surface area contributed by atoms with Crippen LogP contribution in [0.1, 0.15) is 63.9 Å². The first-order chi connectivity index (χ1) is 7.93. The maximum atomic E-state index is 3.90. The summed E-state index contributed by atoms with van der Waals surface area (Å²) in [6.45, 7) is 2.26. The fraction of sp³-hybridized carbons (Fsp3) is 0.714. The minimum atomic E-state index is 1.11. The Kier molecular flexibility index (Phi) is 7.65. The molecule has 1 aromatic rings. The van der Waals surface area contributed by atoms with Gasteiger partial charge in [0.1, 0.15) is 0 Å². The molecule has 0 fully saturated rings. The highest BCUT2D eigenvalue weighted by Crippen LogP contribution is 2.10. The summed E-state index contributed by atoms with van der Waals surface area (Å²) in [7, 11) is 0. The minimum Gasteiger partial charge on any atom is -0.234 e. The zero-order valence-electron chi connectivity index (χ0n) is 10.4. The normalized spacial score (nSPS) is 10.6. The Morgan fingerprint density at radius 1 is 0.875 bits per heavy atom. The van der Waals surface area contributed by atoms with Crippen molar-refractivity contribution in [2.45, 2.75) is 64.7 Å². The van der Waals surface area contributed by atoms with E-state index in [4.69, 9.17) is 0 Å². The lowest BCUT2D eigenvalue weighted by Gasteiger charge is -2.01. The number of rotatable bonds is 9. The van der Waals surface area contributed by atoms with Crippen LogP contribution in [0, 0.1) is 6.33 Å². The predicted octanol–water partition coefficient (Wildman–Crippen LogP) is 3.96. The quantitative estimate of drug-likeness (QED) is 0.587. The van der Waals surface area contributed by atoms with E-state index in [1.54, 1.807) is 0 Å². The smallest absolute Gasteiger partial charge is 0.197 e. The van der Waals surface area contributed by atoms with Crippen molar-refractivity contribution in [1.82, 2.24) is 9.97 Å². The molecule has 0 atom stereocenters. The molecule has 0 spiro atoms. The second kappa shape index (κ2) is 9.32. The third-order valence-electron chi connectivity index (χ3n) is 2.90. The zero-order valence-corrected chi connectivity index (χ0v) is 10.4. The molecule has 0 saturated carbocycles. The van der Waals surface area contributed by atoms with Gasteiger partial charge in [0.05, 0.1) is 0 Å². The average Bonchev–Trinajstić information content (AvgIpc) is 2.34. The van der Waals surface area contributed by atoms with Crippen LogP contribution in [0.4, 0.5) is 0 Å². The second-order valence-electron chi connectivity index (χ2n) is 4.42.